The molecule has 4 heterocycles. The van der Waals surface area contributed by atoms with Gasteiger partial charge in [-0.05, 0) is 24.3 Å². The Morgan fingerprint density at radius 2 is 1.86 bits per heavy atom. The van der Waals surface area contributed by atoms with Gasteiger partial charge in [-0.25, -0.2) is 14.7 Å². The number of aromatic amines is 1. The maximum absolute atomic E-state index is 13.1. The van der Waals surface area contributed by atoms with E-state index < -0.39 is 30.2 Å². The van der Waals surface area contributed by atoms with Crippen molar-refractivity contribution >= 4 is 34.3 Å². The van der Waals surface area contributed by atoms with Crippen LogP contribution in [0.5, 0.6) is 17.2 Å². The summed E-state index contributed by atoms with van der Waals surface area (Å²) in [5, 5.41) is 7.37. The van der Waals surface area contributed by atoms with E-state index in [-0.39, 0.29) is 17.1 Å². The van der Waals surface area contributed by atoms with Gasteiger partial charge in [-0.1, -0.05) is 0 Å². The van der Waals surface area contributed by atoms with Gasteiger partial charge < -0.3 is 9.47 Å². The standard InChI is InChI=1S/C22H15F3N6O4/c1-34-18-6-15(35-16-4-12-7-28-29-20(12)27-10-16)2-3-17(18)31-19(32)11-30(21(31)33)14-5-13(8-26-9-14)22(23,24)25/h2-10H,11H2,1H3,(H,27,28,29). The first kappa shape index (κ1) is 22.1. The molecule has 4 aromatic rings. The second-order valence-electron chi connectivity index (χ2n) is 7.44. The number of pyridine rings is 2. The van der Waals surface area contributed by atoms with Gasteiger partial charge in [0.05, 0.1) is 42.6 Å². The van der Waals surface area contributed by atoms with Crippen molar-refractivity contribution in [3.8, 4) is 17.2 Å². The molecule has 13 heteroatoms. The van der Waals surface area contributed by atoms with E-state index in [4.69, 9.17) is 9.47 Å². The maximum Gasteiger partial charge on any atom is 0.417 e. The second-order valence-corrected chi connectivity index (χ2v) is 7.44. The number of carbonyl (C=O) groups excluding carboxylic acids is 2. The number of hydrogen-bond donors (Lipinski definition) is 1. The van der Waals surface area contributed by atoms with Crippen LogP contribution in [0.15, 0.2) is 55.1 Å². The average molecular weight is 484 g/mol. The van der Waals surface area contributed by atoms with Crippen molar-refractivity contribution in [1.29, 1.82) is 0 Å². The Bertz CT molecular complexity index is 1450. The van der Waals surface area contributed by atoms with Crippen molar-refractivity contribution < 1.29 is 32.2 Å². The fraction of sp³-hybridized carbons (Fsp3) is 0.136. The van der Waals surface area contributed by atoms with Gasteiger partial charge in [-0.15, -0.1) is 0 Å². The summed E-state index contributed by atoms with van der Waals surface area (Å²) >= 11 is 0. The molecule has 35 heavy (non-hydrogen) atoms. The van der Waals surface area contributed by atoms with Gasteiger partial charge in [-0.2, -0.15) is 18.3 Å². The molecule has 178 valence electrons. The number of nitrogens with zero attached hydrogens (tertiary/aromatic N) is 5. The van der Waals surface area contributed by atoms with Crippen LogP contribution in [0.4, 0.5) is 29.3 Å². The SMILES string of the molecule is COc1cc(Oc2cnc3[nH]ncc3c2)ccc1N1C(=O)CN(c2cncc(C(F)(F)F)c2)C1=O. The number of alkyl halides is 3. The first-order valence-electron chi connectivity index (χ1n) is 10.1. The number of methoxy groups -OCH3 is 1. The van der Waals surface area contributed by atoms with Gasteiger partial charge in [0.1, 0.15) is 23.8 Å². The number of anilines is 2. The minimum Gasteiger partial charge on any atom is -0.494 e. The van der Waals surface area contributed by atoms with E-state index >= 15 is 0 Å². The Morgan fingerprint density at radius 1 is 1.03 bits per heavy atom. The molecule has 0 bridgehead atoms. The Hall–Kier alpha value is -4.68. The highest BCUT2D eigenvalue weighted by atomic mass is 19.4. The van der Waals surface area contributed by atoms with Crippen molar-refractivity contribution in [2.24, 2.45) is 0 Å². The third-order valence-electron chi connectivity index (χ3n) is 5.22. The second kappa shape index (κ2) is 8.27. The molecule has 0 unspecified atom stereocenters. The summed E-state index contributed by atoms with van der Waals surface area (Å²) in [5.41, 5.74) is -0.477. The smallest absolute Gasteiger partial charge is 0.417 e. The van der Waals surface area contributed by atoms with E-state index in [1.54, 1.807) is 12.3 Å². The lowest BCUT2D eigenvalue weighted by Crippen LogP contribution is -2.33. The van der Waals surface area contributed by atoms with Gasteiger partial charge in [0.25, 0.3) is 5.91 Å². The van der Waals surface area contributed by atoms with Gasteiger partial charge in [0.15, 0.2) is 5.65 Å². The van der Waals surface area contributed by atoms with E-state index in [0.29, 0.717) is 23.3 Å². The van der Waals surface area contributed by atoms with Crippen molar-refractivity contribution in [1.82, 2.24) is 20.2 Å². The molecule has 1 aliphatic rings. The number of nitrogens with one attached hydrogen (secondary N) is 1. The molecule has 1 aliphatic heterocycles. The number of urea groups is 1. The molecule has 0 saturated carbocycles. The summed E-state index contributed by atoms with van der Waals surface area (Å²) in [4.78, 5) is 35.2. The molecule has 5 rings (SSSR count). The number of ether oxygens (including phenoxy) is 2. The van der Waals surface area contributed by atoms with Crippen LogP contribution < -0.4 is 19.3 Å². The van der Waals surface area contributed by atoms with E-state index in [1.807, 2.05) is 0 Å². The van der Waals surface area contributed by atoms with Crippen LogP contribution in [0, 0.1) is 0 Å². The van der Waals surface area contributed by atoms with Crippen LogP contribution >= 0.6 is 0 Å². The number of imide groups is 1. The third kappa shape index (κ3) is 4.07. The minimum atomic E-state index is -4.65. The molecular formula is C22H15F3N6O4. The van der Waals surface area contributed by atoms with Crippen molar-refractivity contribution in [2.45, 2.75) is 6.18 Å². The zero-order valence-corrected chi connectivity index (χ0v) is 17.9. The van der Waals surface area contributed by atoms with Crippen LogP contribution in [-0.4, -0.2) is 45.8 Å². The quantitative estimate of drug-likeness (QED) is 0.424. The van der Waals surface area contributed by atoms with Crippen LogP contribution in [0.3, 0.4) is 0 Å². The largest absolute Gasteiger partial charge is 0.494 e. The van der Waals surface area contributed by atoms with Crippen LogP contribution in [0.25, 0.3) is 11.0 Å². The molecule has 1 saturated heterocycles. The topological polar surface area (TPSA) is 114 Å². The normalized spacial score (nSPS) is 14.2. The van der Waals surface area contributed by atoms with E-state index in [0.717, 1.165) is 27.4 Å². The lowest BCUT2D eigenvalue weighted by atomic mass is 10.2. The highest BCUT2D eigenvalue weighted by Gasteiger charge is 2.40. The lowest BCUT2D eigenvalue weighted by Gasteiger charge is -2.20. The summed E-state index contributed by atoms with van der Waals surface area (Å²) in [5.74, 6) is 0.262. The molecule has 1 aromatic carbocycles. The number of benzene rings is 1. The number of halogens is 3. The van der Waals surface area contributed by atoms with Gasteiger partial charge in [-0.3, -0.25) is 19.8 Å². The summed E-state index contributed by atoms with van der Waals surface area (Å²) in [7, 11) is 1.35. The lowest BCUT2D eigenvalue weighted by molar-refractivity contribution is -0.137. The average Bonchev–Trinajstić information content (AvgIpc) is 3.42. The molecule has 10 nitrogen and oxygen atoms in total. The highest BCUT2D eigenvalue weighted by molar-refractivity contribution is 6.27. The number of rotatable bonds is 5. The molecule has 0 atom stereocenters. The number of hydrogen-bond acceptors (Lipinski definition) is 7. The van der Waals surface area contributed by atoms with E-state index in [1.165, 1.54) is 31.5 Å². The predicted molar refractivity (Wildman–Crippen MR) is 116 cm³/mol. The molecule has 0 radical (unpaired) electrons. The van der Waals surface area contributed by atoms with E-state index in [9.17, 15) is 22.8 Å². The first-order valence-corrected chi connectivity index (χ1v) is 10.1. The van der Waals surface area contributed by atoms with Gasteiger partial charge in [0.2, 0.25) is 0 Å². The zero-order chi connectivity index (χ0) is 24.7. The number of fused-ring (bicyclic) bond motifs is 1. The number of H-pyrrole nitrogens is 1. The Labute approximate surface area is 194 Å². The van der Waals surface area contributed by atoms with Crippen molar-refractivity contribution in [2.75, 3.05) is 23.5 Å². The summed E-state index contributed by atoms with van der Waals surface area (Å²) < 4.78 is 50.4. The number of aromatic nitrogens is 4. The minimum absolute atomic E-state index is 0.112. The fourth-order valence-electron chi connectivity index (χ4n) is 3.58. The molecule has 3 amide bonds. The molecule has 0 spiro atoms. The summed E-state index contributed by atoms with van der Waals surface area (Å²) in [6.07, 6.45) is 0.172. The molecule has 3 aromatic heterocycles. The summed E-state index contributed by atoms with van der Waals surface area (Å²) in [6.45, 7) is -0.459. The van der Waals surface area contributed by atoms with Crippen molar-refractivity contribution in [3.63, 3.8) is 0 Å². The zero-order valence-electron chi connectivity index (χ0n) is 17.9. The Kier molecular flexibility index (Phi) is 5.23. The highest BCUT2D eigenvalue weighted by Crippen LogP contribution is 2.38. The van der Waals surface area contributed by atoms with Crippen LogP contribution in [0.1, 0.15) is 5.56 Å². The predicted octanol–water partition coefficient (Wildman–Crippen LogP) is 4.15. The molecular weight excluding hydrogens is 469 g/mol. The fourth-order valence-corrected chi connectivity index (χ4v) is 3.58. The Balaban J connectivity index is 1.42. The maximum atomic E-state index is 13.1. The first-order chi connectivity index (χ1) is 16.7. The number of carbonyl (C=O) groups is 2. The molecule has 1 fully saturated rings. The van der Waals surface area contributed by atoms with Crippen LogP contribution in [0.2, 0.25) is 0 Å². The molecule has 1 N–H and O–H groups in total. The van der Waals surface area contributed by atoms with Gasteiger partial charge >= 0.3 is 12.2 Å². The van der Waals surface area contributed by atoms with E-state index in [2.05, 4.69) is 20.2 Å². The van der Waals surface area contributed by atoms with Gasteiger partial charge in [0, 0.05) is 17.6 Å². The van der Waals surface area contributed by atoms with Crippen molar-refractivity contribution in [3.05, 3.63) is 60.7 Å². The Morgan fingerprint density at radius 3 is 2.63 bits per heavy atom. The van der Waals surface area contributed by atoms with Crippen LogP contribution in [-0.2, 0) is 11.0 Å². The number of amides is 3. The summed E-state index contributed by atoms with van der Waals surface area (Å²) in [6, 6.07) is 6.09. The third-order valence-corrected chi connectivity index (χ3v) is 5.22. The monoisotopic (exact) mass is 484 g/mol. The molecule has 0 aliphatic carbocycles.